The van der Waals surface area contributed by atoms with E-state index in [0.29, 0.717) is 0 Å². The van der Waals surface area contributed by atoms with Crippen LogP contribution in [0.5, 0.6) is 0 Å². The average molecular weight is 221 g/mol. The Hall–Kier alpha value is -1.32. The highest BCUT2D eigenvalue weighted by atomic mass is 16.1. The molecule has 0 aliphatic carbocycles. The smallest absolute Gasteiger partial charge is 0.252 e. The Labute approximate surface area is 95.7 Å². The number of hydrogen-bond acceptors (Lipinski definition) is 3. The zero-order valence-corrected chi connectivity index (χ0v) is 9.83. The van der Waals surface area contributed by atoms with E-state index in [4.69, 9.17) is 0 Å². The normalized spacial score (nSPS) is 15.7. The van der Waals surface area contributed by atoms with Crippen LogP contribution >= 0.6 is 0 Å². The van der Waals surface area contributed by atoms with E-state index in [9.17, 15) is 4.79 Å². The predicted octanol–water partition coefficient (Wildman–Crippen LogP) is 1.71. The van der Waals surface area contributed by atoms with E-state index in [1.807, 2.05) is 0 Å². The van der Waals surface area contributed by atoms with Crippen molar-refractivity contribution in [3.63, 3.8) is 0 Å². The van der Waals surface area contributed by atoms with Crippen molar-refractivity contribution >= 4 is 5.95 Å². The Kier molecular flexibility index (Phi) is 3.59. The van der Waals surface area contributed by atoms with Crippen molar-refractivity contribution in [3.05, 3.63) is 22.1 Å². The zero-order chi connectivity index (χ0) is 11.4. The van der Waals surface area contributed by atoms with E-state index in [2.05, 4.69) is 21.8 Å². The average Bonchev–Trinajstić information content (AvgIpc) is 2.79. The van der Waals surface area contributed by atoms with Gasteiger partial charge < -0.3 is 4.90 Å². The molecule has 1 aromatic rings. The van der Waals surface area contributed by atoms with E-state index in [-0.39, 0.29) is 5.56 Å². The fraction of sp³-hybridized carbons (Fsp3) is 0.667. The van der Waals surface area contributed by atoms with Gasteiger partial charge in [0, 0.05) is 24.8 Å². The highest BCUT2D eigenvalue weighted by Crippen LogP contribution is 2.14. The minimum absolute atomic E-state index is 0.0250. The SMILES string of the molecule is CCCCc1cc(=O)[nH]c(N2CCCC2)n1. The fourth-order valence-corrected chi connectivity index (χ4v) is 2.06. The van der Waals surface area contributed by atoms with Crippen molar-refractivity contribution in [2.24, 2.45) is 0 Å². The van der Waals surface area contributed by atoms with Crippen LogP contribution in [-0.2, 0) is 6.42 Å². The van der Waals surface area contributed by atoms with Crippen LogP contribution in [0.3, 0.4) is 0 Å². The van der Waals surface area contributed by atoms with Crippen LogP contribution < -0.4 is 10.5 Å². The van der Waals surface area contributed by atoms with Crippen LogP contribution in [0.2, 0.25) is 0 Å². The third-order valence-corrected chi connectivity index (χ3v) is 2.97. The van der Waals surface area contributed by atoms with Gasteiger partial charge >= 0.3 is 0 Å². The van der Waals surface area contributed by atoms with Crippen LogP contribution in [0, 0.1) is 0 Å². The second kappa shape index (κ2) is 5.14. The number of unbranched alkanes of at least 4 members (excludes halogenated alkanes) is 1. The molecular formula is C12H19N3O. The molecule has 2 heterocycles. The van der Waals surface area contributed by atoms with Crippen molar-refractivity contribution in [1.82, 2.24) is 9.97 Å². The van der Waals surface area contributed by atoms with Crippen LogP contribution in [0.15, 0.2) is 10.9 Å². The van der Waals surface area contributed by atoms with Crippen molar-refractivity contribution in [3.8, 4) is 0 Å². The van der Waals surface area contributed by atoms with Crippen LogP contribution in [0.25, 0.3) is 0 Å². The molecule has 4 nitrogen and oxygen atoms in total. The molecule has 0 bridgehead atoms. The van der Waals surface area contributed by atoms with Gasteiger partial charge in [-0.1, -0.05) is 13.3 Å². The molecule has 1 aliphatic rings. The minimum atomic E-state index is -0.0250. The van der Waals surface area contributed by atoms with Gasteiger partial charge in [0.1, 0.15) is 0 Å². The Morgan fingerprint density at radius 3 is 2.88 bits per heavy atom. The lowest BCUT2D eigenvalue weighted by molar-refractivity contribution is 0.763. The van der Waals surface area contributed by atoms with Gasteiger partial charge in [0.2, 0.25) is 5.95 Å². The van der Waals surface area contributed by atoms with Crippen LogP contribution in [-0.4, -0.2) is 23.1 Å². The summed E-state index contributed by atoms with van der Waals surface area (Å²) in [7, 11) is 0. The first-order chi connectivity index (χ1) is 7.79. The summed E-state index contributed by atoms with van der Waals surface area (Å²) in [4.78, 5) is 21.0. The molecule has 0 amide bonds. The number of aromatic amines is 1. The van der Waals surface area contributed by atoms with Crippen molar-refractivity contribution in [2.75, 3.05) is 18.0 Å². The van der Waals surface area contributed by atoms with Crippen molar-refractivity contribution in [2.45, 2.75) is 39.0 Å². The number of anilines is 1. The molecule has 4 heteroatoms. The minimum Gasteiger partial charge on any atom is -0.342 e. The van der Waals surface area contributed by atoms with Gasteiger partial charge in [-0.15, -0.1) is 0 Å². The molecule has 0 unspecified atom stereocenters. The van der Waals surface area contributed by atoms with Gasteiger partial charge in [0.15, 0.2) is 0 Å². The maximum absolute atomic E-state index is 11.5. The Morgan fingerprint density at radius 2 is 2.19 bits per heavy atom. The zero-order valence-electron chi connectivity index (χ0n) is 9.83. The molecule has 1 saturated heterocycles. The summed E-state index contributed by atoms with van der Waals surface area (Å²) in [6.45, 7) is 4.18. The molecule has 0 spiro atoms. The number of nitrogens with one attached hydrogen (secondary N) is 1. The molecule has 1 fully saturated rings. The molecule has 0 aromatic carbocycles. The van der Waals surface area contributed by atoms with Crippen LogP contribution in [0.1, 0.15) is 38.3 Å². The Balaban J connectivity index is 2.17. The van der Waals surface area contributed by atoms with Gasteiger partial charge in [0.25, 0.3) is 5.56 Å². The standard InChI is InChI=1S/C12H19N3O/c1-2-3-6-10-9-11(16)14-12(13-10)15-7-4-5-8-15/h9H,2-8H2,1H3,(H,13,14,16). The molecule has 1 N–H and O–H groups in total. The third-order valence-electron chi connectivity index (χ3n) is 2.97. The topological polar surface area (TPSA) is 49.0 Å². The number of nitrogens with zero attached hydrogens (tertiary/aromatic N) is 2. The quantitative estimate of drug-likeness (QED) is 0.842. The van der Waals surface area contributed by atoms with Gasteiger partial charge in [-0.3, -0.25) is 9.78 Å². The summed E-state index contributed by atoms with van der Waals surface area (Å²) >= 11 is 0. The molecule has 2 rings (SSSR count). The summed E-state index contributed by atoms with van der Waals surface area (Å²) in [6, 6.07) is 1.62. The largest absolute Gasteiger partial charge is 0.342 e. The maximum Gasteiger partial charge on any atom is 0.252 e. The first kappa shape index (κ1) is 11.2. The highest BCUT2D eigenvalue weighted by Gasteiger charge is 2.14. The lowest BCUT2D eigenvalue weighted by atomic mass is 10.2. The number of hydrogen-bond donors (Lipinski definition) is 1. The fourth-order valence-electron chi connectivity index (χ4n) is 2.06. The van der Waals surface area contributed by atoms with E-state index >= 15 is 0 Å². The monoisotopic (exact) mass is 221 g/mol. The number of rotatable bonds is 4. The summed E-state index contributed by atoms with van der Waals surface area (Å²) in [5.41, 5.74) is 0.899. The first-order valence-corrected chi connectivity index (χ1v) is 6.15. The maximum atomic E-state index is 11.5. The molecule has 88 valence electrons. The van der Waals surface area contributed by atoms with Gasteiger partial charge in [-0.25, -0.2) is 4.98 Å². The third kappa shape index (κ3) is 2.62. The lowest BCUT2D eigenvalue weighted by Gasteiger charge is -2.15. The predicted molar refractivity (Wildman–Crippen MR) is 64.9 cm³/mol. The Bertz CT molecular complexity index is 393. The Morgan fingerprint density at radius 1 is 1.44 bits per heavy atom. The number of H-pyrrole nitrogens is 1. The molecule has 0 atom stereocenters. The molecule has 0 saturated carbocycles. The van der Waals surface area contributed by atoms with E-state index < -0.39 is 0 Å². The molecule has 16 heavy (non-hydrogen) atoms. The highest BCUT2D eigenvalue weighted by molar-refractivity contribution is 5.31. The molecular weight excluding hydrogens is 202 g/mol. The first-order valence-electron chi connectivity index (χ1n) is 6.15. The van der Waals surface area contributed by atoms with E-state index in [1.54, 1.807) is 6.07 Å². The van der Waals surface area contributed by atoms with E-state index in [0.717, 1.165) is 44.0 Å². The summed E-state index contributed by atoms with van der Waals surface area (Å²) in [6.07, 6.45) is 5.52. The summed E-state index contributed by atoms with van der Waals surface area (Å²) in [5, 5.41) is 0. The van der Waals surface area contributed by atoms with Crippen molar-refractivity contribution < 1.29 is 0 Å². The van der Waals surface area contributed by atoms with Gasteiger partial charge in [-0.05, 0) is 25.7 Å². The van der Waals surface area contributed by atoms with Crippen LogP contribution in [0.4, 0.5) is 5.95 Å². The number of aromatic nitrogens is 2. The summed E-state index contributed by atoms with van der Waals surface area (Å²) < 4.78 is 0. The lowest BCUT2D eigenvalue weighted by Crippen LogP contribution is -2.24. The van der Waals surface area contributed by atoms with E-state index in [1.165, 1.54) is 12.8 Å². The number of aryl methyl sites for hydroxylation is 1. The van der Waals surface area contributed by atoms with Crippen molar-refractivity contribution in [1.29, 1.82) is 0 Å². The second-order valence-corrected chi connectivity index (χ2v) is 4.36. The second-order valence-electron chi connectivity index (χ2n) is 4.36. The molecule has 1 aromatic heterocycles. The van der Waals surface area contributed by atoms with Gasteiger partial charge in [-0.2, -0.15) is 0 Å². The van der Waals surface area contributed by atoms with Gasteiger partial charge in [0.05, 0.1) is 0 Å². The summed E-state index contributed by atoms with van der Waals surface area (Å²) in [5.74, 6) is 0.760. The molecule has 1 aliphatic heterocycles. The molecule has 0 radical (unpaired) electrons.